The zero-order valence-corrected chi connectivity index (χ0v) is 5.54. The summed E-state index contributed by atoms with van der Waals surface area (Å²) in [5.74, 6) is 0. The summed E-state index contributed by atoms with van der Waals surface area (Å²) in [4.78, 5) is 0. The maximum atomic E-state index is 11.9. The summed E-state index contributed by atoms with van der Waals surface area (Å²) < 4.78 is 35.6. The molecule has 0 radical (unpaired) electrons. The zero-order chi connectivity index (χ0) is 7.61. The fourth-order valence-electron chi connectivity index (χ4n) is 1.13. The van der Waals surface area contributed by atoms with Crippen LogP contribution in [0.25, 0.3) is 0 Å². The molecule has 10 heavy (non-hydrogen) atoms. The highest BCUT2D eigenvalue weighted by Gasteiger charge is 2.39. The summed E-state index contributed by atoms with van der Waals surface area (Å²) >= 11 is 0. The number of nitrogens with one attached hydrogen (secondary N) is 1. The Hall–Kier alpha value is -0.250. The van der Waals surface area contributed by atoms with Crippen LogP contribution in [0.4, 0.5) is 13.2 Å². The molecule has 0 aliphatic carbocycles. The van der Waals surface area contributed by atoms with Gasteiger partial charge in [-0.1, -0.05) is 6.42 Å². The minimum absolute atomic E-state index is 0.240. The minimum Gasteiger partial charge on any atom is -0.306 e. The second-order valence-corrected chi connectivity index (χ2v) is 2.54. The van der Waals surface area contributed by atoms with Crippen LogP contribution in [0, 0.1) is 0 Å². The summed E-state index contributed by atoms with van der Waals surface area (Å²) in [6.07, 6.45) is -2.24. The van der Waals surface area contributed by atoms with E-state index in [1.54, 1.807) is 0 Å². The third-order valence-electron chi connectivity index (χ3n) is 1.71. The first-order valence-electron chi connectivity index (χ1n) is 3.41. The molecule has 0 bridgehead atoms. The number of hydrogen-bond acceptors (Lipinski definition) is 1. The van der Waals surface area contributed by atoms with Crippen LogP contribution in [0.1, 0.15) is 19.3 Å². The Labute approximate surface area is 57.6 Å². The molecule has 60 valence electrons. The molecular formula is C6H10F3N. The lowest BCUT2D eigenvalue weighted by Crippen LogP contribution is -2.45. The number of rotatable bonds is 0. The first kappa shape index (κ1) is 7.85. The Morgan fingerprint density at radius 1 is 1.20 bits per heavy atom. The predicted molar refractivity (Wildman–Crippen MR) is 31.7 cm³/mol. The van der Waals surface area contributed by atoms with E-state index in [9.17, 15) is 13.2 Å². The van der Waals surface area contributed by atoms with Gasteiger partial charge in [0.05, 0.1) is 0 Å². The van der Waals surface area contributed by atoms with Crippen molar-refractivity contribution in [3.05, 3.63) is 0 Å². The third kappa shape index (κ3) is 1.87. The molecule has 0 saturated carbocycles. The molecule has 1 heterocycles. The Morgan fingerprint density at radius 3 is 2.20 bits per heavy atom. The average molecular weight is 153 g/mol. The van der Waals surface area contributed by atoms with E-state index < -0.39 is 12.2 Å². The molecule has 1 fully saturated rings. The minimum atomic E-state index is -4.04. The van der Waals surface area contributed by atoms with Crippen molar-refractivity contribution in [2.45, 2.75) is 31.5 Å². The van der Waals surface area contributed by atoms with Crippen LogP contribution >= 0.6 is 0 Å². The van der Waals surface area contributed by atoms with Crippen LogP contribution in [-0.2, 0) is 0 Å². The SMILES string of the molecule is FC(F)(F)[C@@H]1CCCCN1. The highest BCUT2D eigenvalue weighted by atomic mass is 19.4. The molecule has 0 amide bonds. The van der Waals surface area contributed by atoms with E-state index in [0.717, 1.165) is 6.42 Å². The summed E-state index contributed by atoms with van der Waals surface area (Å²) in [7, 11) is 0. The zero-order valence-electron chi connectivity index (χ0n) is 5.54. The molecule has 1 atom stereocenters. The first-order valence-corrected chi connectivity index (χ1v) is 3.41. The monoisotopic (exact) mass is 153 g/mol. The molecule has 0 aromatic carbocycles. The van der Waals surface area contributed by atoms with Crippen molar-refractivity contribution in [3.8, 4) is 0 Å². The largest absolute Gasteiger partial charge is 0.403 e. The van der Waals surface area contributed by atoms with Gasteiger partial charge in [-0.05, 0) is 19.4 Å². The van der Waals surface area contributed by atoms with Gasteiger partial charge in [0.15, 0.2) is 0 Å². The molecule has 0 spiro atoms. The summed E-state index contributed by atoms with van der Waals surface area (Å²) in [5, 5.41) is 2.43. The summed E-state index contributed by atoms with van der Waals surface area (Å²) in [6.45, 7) is 0.504. The van der Waals surface area contributed by atoms with E-state index >= 15 is 0 Å². The lowest BCUT2D eigenvalue weighted by molar-refractivity contribution is -0.160. The molecule has 1 aliphatic rings. The lowest BCUT2D eigenvalue weighted by atomic mass is 10.1. The van der Waals surface area contributed by atoms with E-state index in [1.807, 2.05) is 0 Å². The molecule has 0 aromatic rings. The van der Waals surface area contributed by atoms with Gasteiger partial charge < -0.3 is 5.32 Å². The number of piperidine rings is 1. The van der Waals surface area contributed by atoms with Gasteiger partial charge in [0, 0.05) is 0 Å². The van der Waals surface area contributed by atoms with Gasteiger partial charge in [0.1, 0.15) is 6.04 Å². The molecule has 4 heteroatoms. The van der Waals surface area contributed by atoms with Gasteiger partial charge in [0.25, 0.3) is 0 Å². The predicted octanol–water partition coefficient (Wildman–Crippen LogP) is 1.69. The molecule has 1 saturated heterocycles. The van der Waals surface area contributed by atoms with Crippen molar-refractivity contribution in [2.75, 3.05) is 6.54 Å². The van der Waals surface area contributed by atoms with E-state index in [1.165, 1.54) is 0 Å². The van der Waals surface area contributed by atoms with E-state index in [4.69, 9.17) is 0 Å². The Kier molecular flexibility index (Phi) is 2.18. The molecular weight excluding hydrogens is 143 g/mol. The van der Waals surface area contributed by atoms with Crippen LogP contribution in [0.5, 0.6) is 0 Å². The van der Waals surface area contributed by atoms with Gasteiger partial charge in [-0.3, -0.25) is 0 Å². The molecule has 0 aromatic heterocycles. The summed E-state index contributed by atoms with van der Waals surface area (Å²) in [6, 6.07) is -1.25. The van der Waals surface area contributed by atoms with Crippen LogP contribution in [0.2, 0.25) is 0 Å². The maximum Gasteiger partial charge on any atom is 0.403 e. The van der Waals surface area contributed by atoms with Crippen LogP contribution in [0.15, 0.2) is 0 Å². The van der Waals surface area contributed by atoms with Gasteiger partial charge in [-0.2, -0.15) is 13.2 Å². The molecule has 1 rings (SSSR count). The van der Waals surface area contributed by atoms with Crippen LogP contribution in [0.3, 0.4) is 0 Å². The van der Waals surface area contributed by atoms with E-state index in [0.29, 0.717) is 13.0 Å². The Bertz CT molecular complexity index is 104. The maximum absolute atomic E-state index is 11.9. The topological polar surface area (TPSA) is 12.0 Å². The third-order valence-corrected chi connectivity index (χ3v) is 1.71. The van der Waals surface area contributed by atoms with Crippen molar-refractivity contribution >= 4 is 0 Å². The fourth-order valence-corrected chi connectivity index (χ4v) is 1.13. The average Bonchev–Trinajstić information content (AvgIpc) is 1.88. The lowest BCUT2D eigenvalue weighted by Gasteiger charge is -2.25. The highest BCUT2D eigenvalue weighted by Crippen LogP contribution is 2.25. The second kappa shape index (κ2) is 2.78. The smallest absolute Gasteiger partial charge is 0.306 e. The van der Waals surface area contributed by atoms with Crippen molar-refractivity contribution in [3.63, 3.8) is 0 Å². The Balaban J connectivity index is 2.39. The second-order valence-electron chi connectivity index (χ2n) is 2.54. The van der Waals surface area contributed by atoms with Crippen molar-refractivity contribution < 1.29 is 13.2 Å². The van der Waals surface area contributed by atoms with Crippen LogP contribution in [-0.4, -0.2) is 18.8 Å². The van der Waals surface area contributed by atoms with Gasteiger partial charge in [-0.25, -0.2) is 0 Å². The first-order chi connectivity index (χ1) is 4.61. The van der Waals surface area contributed by atoms with Crippen molar-refractivity contribution in [1.29, 1.82) is 0 Å². The van der Waals surface area contributed by atoms with Crippen LogP contribution < -0.4 is 5.32 Å². The molecule has 1 aliphatic heterocycles. The van der Waals surface area contributed by atoms with E-state index in [2.05, 4.69) is 5.32 Å². The van der Waals surface area contributed by atoms with E-state index in [-0.39, 0.29) is 6.42 Å². The van der Waals surface area contributed by atoms with Gasteiger partial charge in [-0.15, -0.1) is 0 Å². The van der Waals surface area contributed by atoms with Crippen molar-refractivity contribution in [2.24, 2.45) is 0 Å². The standard InChI is InChI=1S/C6H10F3N/c7-6(8,9)5-3-1-2-4-10-5/h5,10H,1-4H2/t5-/m0/s1. The molecule has 1 nitrogen and oxygen atoms in total. The fraction of sp³-hybridized carbons (Fsp3) is 1.00. The highest BCUT2D eigenvalue weighted by molar-refractivity contribution is 4.78. The van der Waals surface area contributed by atoms with Gasteiger partial charge in [0.2, 0.25) is 0 Å². The normalized spacial score (nSPS) is 28.5. The summed E-state index contributed by atoms with van der Waals surface area (Å²) in [5.41, 5.74) is 0. The number of alkyl halides is 3. The molecule has 1 N–H and O–H groups in total. The van der Waals surface area contributed by atoms with Gasteiger partial charge >= 0.3 is 6.18 Å². The number of halogens is 3. The van der Waals surface area contributed by atoms with Crippen molar-refractivity contribution in [1.82, 2.24) is 5.32 Å². The quantitative estimate of drug-likeness (QED) is 0.558. The number of hydrogen-bond donors (Lipinski definition) is 1. The molecule has 0 unspecified atom stereocenters. The Morgan fingerprint density at radius 2 is 1.90 bits per heavy atom.